The number of pyridine rings is 1. The van der Waals surface area contributed by atoms with E-state index in [-0.39, 0.29) is 47.8 Å². The van der Waals surface area contributed by atoms with Crippen LogP contribution in [-0.2, 0) is 7.05 Å². The Hall–Kier alpha value is -3.76. The van der Waals surface area contributed by atoms with Crippen molar-refractivity contribution >= 4 is 11.9 Å². The summed E-state index contributed by atoms with van der Waals surface area (Å²) in [6.07, 6.45) is 2.45. The molecule has 0 spiro atoms. The standard InChI is InChI=1S/C23H19F4N5O2/c1-30-19(33)7-18(12-3-4-28-8-17(12)27)29-23(30)31(2)21-13-9-32(10-14(13)21)22(34)20-15(25)5-11(24)6-16(20)26/h3-8,13-14,21H,9-10H2,1-2H3. The first-order valence-corrected chi connectivity index (χ1v) is 10.5. The van der Waals surface area contributed by atoms with E-state index >= 15 is 0 Å². The molecule has 0 bridgehead atoms. The number of benzene rings is 1. The first-order valence-electron chi connectivity index (χ1n) is 10.5. The summed E-state index contributed by atoms with van der Waals surface area (Å²) in [6.45, 7) is 0.503. The van der Waals surface area contributed by atoms with E-state index < -0.39 is 34.7 Å². The van der Waals surface area contributed by atoms with Crippen molar-refractivity contribution in [3.63, 3.8) is 0 Å². The third-order valence-corrected chi connectivity index (χ3v) is 6.58. The topological polar surface area (TPSA) is 71.3 Å². The van der Waals surface area contributed by atoms with Crippen molar-refractivity contribution in [3.8, 4) is 11.3 Å². The lowest BCUT2D eigenvalue weighted by atomic mass is 10.1. The highest BCUT2D eigenvalue weighted by molar-refractivity contribution is 5.95. The summed E-state index contributed by atoms with van der Waals surface area (Å²) in [5, 5.41) is 0. The van der Waals surface area contributed by atoms with Gasteiger partial charge in [0.25, 0.3) is 11.5 Å². The van der Waals surface area contributed by atoms with Crippen LogP contribution in [-0.4, -0.2) is 51.5 Å². The molecule has 5 rings (SSSR count). The van der Waals surface area contributed by atoms with Crippen LogP contribution in [0.1, 0.15) is 10.4 Å². The van der Waals surface area contributed by atoms with Crippen LogP contribution >= 0.6 is 0 Å². The predicted octanol–water partition coefficient (Wildman–Crippen LogP) is 2.61. The zero-order valence-corrected chi connectivity index (χ0v) is 18.2. The van der Waals surface area contributed by atoms with Crippen molar-refractivity contribution in [2.45, 2.75) is 6.04 Å². The van der Waals surface area contributed by atoms with Crippen LogP contribution in [0.2, 0.25) is 0 Å². The summed E-state index contributed by atoms with van der Waals surface area (Å²) < 4.78 is 56.8. The average Bonchev–Trinajstić information content (AvgIpc) is 3.27. The first-order chi connectivity index (χ1) is 16.2. The molecule has 1 amide bonds. The number of piperidine rings is 1. The van der Waals surface area contributed by atoms with Gasteiger partial charge in [0.15, 0.2) is 5.82 Å². The number of anilines is 1. The minimum Gasteiger partial charge on any atom is -0.342 e. The number of aromatic nitrogens is 3. The summed E-state index contributed by atoms with van der Waals surface area (Å²) in [5.74, 6) is -4.68. The van der Waals surface area contributed by atoms with Crippen molar-refractivity contribution in [2.24, 2.45) is 18.9 Å². The highest BCUT2D eigenvalue weighted by atomic mass is 19.1. The maximum absolute atomic E-state index is 14.2. The van der Waals surface area contributed by atoms with Crippen molar-refractivity contribution in [2.75, 3.05) is 25.0 Å². The third-order valence-electron chi connectivity index (χ3n) is 6.58. The SMILES string of the molecule is CN(c1nc(-c2ccncc2F)cc(=O)n1C)C1C2CN(C(=O)c3c(F)cc(F)cc3F)CC21. The van der Waals surface area contributed by atoms with Gasteiger partial charge < -0.3 is 9.80 Å². The van der Waals surface area contributed by atoms with E-state index in [1.54, 1.807) is 19.0 Å². The van der Waals surface area contributed by atoms with Crippen LogP contribution in [0.4, 0.5) is 23.5 Å². The number of halogens is 4. The van der Waals surface area contributed by atoms with Gasteiger partial charge in [0.2, 0.25) is 5.95 Å². The second-order valence-electron chi connectivity index (χ2n) is 8.58. The molecule has 34 heavy (non-hydrogen) atoms. The summed E-state index contributed by atoms with van der Waals surface area (Å²) in [6, 6.07) is 3.57. The first kappa shape index (κ1) is 22.1. The molecule has 3 aromatic rings. The molecule has 2 atom stereocenters. The molecule has 176 valence electrons. The molecule has 2 aromatic heterocycles. The molecule has 2 unspecified atom stereocenters. The molecule has 1 aliphatic carbocycles. The molecular formula is C23H19F4N5O2. The number of fused-ring (bicyclic) bond motifs is 1. The number of nitrogens with zero attached hydrogens (tertiary/aromatic N) is 5. The normalized spacial score (nSPS) is 20.9. The predicted molar refractivity (Wildman–Crippen MR) is 114 cm³/mol. The van der Waals surface area contributed by atoms with E-state index in [1.807, 2.05) is 0 Å². The smallest absolute Gasteiger partial charge is 0.259 e. The Kier molecular flexibility index (Phi) is 5.14. The molecule has 2 fully saturated rings. The van der Waals surface area contributed by atoms with Gasteiger partial charge in [0.1, 0.15) is 23.0 Å². The molecule has 1 aliphatic heterocycles. The van der Waals surface area contributed by atoms with Crippen LogP contribution in [0.3, 0.4) is 0 Å². The van der Waals surface area contributed by atoms with E-state index in [9.17, 15) is 27.2 Å². The molecular weight excluding hydrogens is 454 g/mol. The summed E-state index contributed by atoms with van der Waals surface area (Å²) >= 11 is 0. The fourth-order valence-corrected chi connectivity index (χ4v) is 4.84. The molecule has 0 radical (unpaired) electrons. The van der Waals surface area contributed by atoms with Crippen LogP contribution in [0, 0.1) is 35.1 Å². The average molecular weight is 473 g/mol. The highest BCUT2D eigenvalue weighted by Crippen LogP contribution is 2.49. The van der Waals surface area contributed by atoms with Gasteiger partial charge in [-0.3, -0.25) is 19.1 Å². The van der Waals surface area contributed by atoms with Gasteiger partial charge in [-0.2, -0.15) is 0 Å². The van der Waals surface area contributed by atoms with Crippen molar-refractivity contribution in [1.82, 2.24) is 19.4 Å². The monoisotopic (exact) mass is 473 g/mol. The lowest BCUT2D eigenvalue weighted by Gasteiger charge is -2.26. The maximum atomic E-state index is 14.2. The number of carbonyl (C=O) groups excluding carboxylic acids is 1. The lowest BCUT2D eigenvalue weighted by molar-refractivity contribution is 0.0763. The minimum absolute atomic E-state index is 0.00117. The maximum Gasteiger partial charge on any atom is 0.259 e. The number of amides is 1. The fourth-order valence-electron chi connectivity index (χ4n) is 4.84. The van der Waals surface area contributed by atoms with Crippen LogP contribution in [0.5, 0.6) is 0 Å². The number of rotatable bonds is 4. The molecule has 3 heterocycles. The van der Waals surface area contributed by atoms with Gasteiger partial charge >= 0.3 is 0 Å². The number of likely N-dealkylation sites (tertiary alicyclic amines) is 1. The van der Waals surface area contributed by atoms with Crippen LogP contribution < -0.4 is 10.5 Å². The Morgan fingerprint density at radius 2 is 1.71 bits per heavy atom. The van der Waals surface area contributed by atoms with Crippen molar-refractivity contribution in [3.05, 3.63) is 75.8 Å². The zero-order chi connectivity index (χ0) is 24.3. The third kappa shape index (κ3) is 3.51. The molecule has 0 N–H and O–H groups in total. The lowest BCUT2D eigenvalue weighted by Crippen LogP contribution is -2.38. The minimum atomic E-state index is -1.24. The molecule has 1 aromatic carbocycles. The summed E-state index contributed by atoms with van der Waals surface area (Å²) in [5.41, 5.74) is -0.815. The molecule has 7 nitrogen and oxygen atoms in total. The zero-order valence-electron chi connectivity index (χ0n) is 18.2. The Balaban J connectivity index is 1.36. The summed E-state index contributed by atoms with van der Waals surface area (Å²) in [4.78, 5) is 36.5. The molecule has 1 saturated heterocycles. The molecule has 1 saturated carbocycles. The van der Waals surface area contributed by atoms with E-state index in [1.165, 1.54) is 27.8 Å². The van der Waals surface area contributed by atoms with Gasteiger partial charge in [-0.05, 0) is 6.07 Å². The van der Waals surface area contributed by atoms with Crippen LogP contribution in [0.15, 0.2) is 41.5 Å². The molecule has 11 heteroatoms. The second kappa shape index (κ2) is 7.93. The number of carbonyl (C=O) groups is 1. The van der Waals surface area contributed by atoms with Gasteiger partial charge in [-0.15, -0.1) is 0 Å². The van der Waals surface area contributed by atoms with Gasteiger partial charge in [-0.1, -0.05) is 0 Å². The summed E-state index contributed by atoms with van der Waals surface area (Å²) in [7, 11) is 3.31. The van der Waals surface area contributed by atoms with Gasteiger partial charge in [0, 0.05) is 75.0 Å². The Bertz CT molecular complexity index is 1340. The van der Waals surface area contributed by atoms with Crippen LogP contribution in [0.25, 0.3) is 11.3 Å². The van der Waals surface area contributed by atoms with E-state index in [0.29, 0.717) is 18.1 Å². The Morgan fingerprint density at radius 1 is 1.06 bits per heavy atom. The van der Waals surface area contributed by atoms with Crippen molar-refractivity contribution in [1.29, 1.82) is 0 Å². The number of hydrogen-bond acceptors (Lipinski definition) is 5. The quantitative estimate of drug-likeness (QED) is 0.545. The van der Waals surface area contributed by atoms with Gasteiger partial charge in [-0.25, -0.2) is 22.5 Å². The largest absolute Gasteiger partial charge is 0.342 e. The van der Waals surface area contributed by atoms with E-state index in [2.05, 4.69) is 9.97 Å². The highest BCUT2D eigenvalue weighted by Gasteiger charge is 2.59. The van der Waals surface area contributed by atoms with Gasteiger partial charge in [0.05, 0.1) is 11.9 Å². The Labute approximate surface area is 191 Å². The van der Waals surface area contributed by atoms with E-state index in [4.69, 9.17) is 0 Å². The Morgan fingerprint density at radius 3 is 2.32 bits per heavy atom. The van der Waals surface area contributed by atoms with Crippen molar-refractivity contribution < 1.29 is 22.4 Å². The second-order valence-corrected chi connectivity index (χ2v) is 8.58. The number of hydrogen-bond donors (Lipinski definition) is 0. The fraction of sp³-hybridized carbons (Fsp3) is 0.304. The van der Waals surface area contributed by atoms with E-state index in [0.717, 1.165) is 6.20 Å². The molecule has 2 aliphatic rings.